The third-order valence-electron chi connectivity index (χ3n) is 3.79. The van der Waals surface area contributed by atoms with Gasteiger partial charge in [0, 0.05) is 24.5 Å². The van der Waals surface area contributed by atoms with Crippen molar-refractivity contribution in [1.82, 2.24) is 29.8 Å². The number of primary amides is 1. The number of hydrogen-bond donors (Lipinski definition) is 3. The normalized spacial score (nSPS) is 11.7. The number of carbonyl (C=O) groups is 3. The summed E-state index contributed by atoms with van der Waals surface area (Å²) in [6.45, 7) is 0. The minimum absolute atomic E-state index is 0.148. The minimum Gasteiger partial charge on any atom is -0.369 e. The molecule has 0 bridgehead atoms. The van der Waals surface area contributed by atoms with Crippen molar-refractivity contribution >= 4 is 17.6 Å². The van der Waals surface area contributed by atoms with Crippen molar-refractivity contribution in [2.45, 2.75) is 18.9 Å². The minimum atomic E-state index is -0.947. The molecule has 3 aromatic rings. The maximum Gasteiger partial charge on any atom is 0.270 e. The number of amides is 2. The third kappa shape index (κ3) is 4.42. The van der Waals surface area contributed by atoms with E-state index in [0.717, 1.165) is 0 Å². The van der Waals surface area contributed by atoms with Gasteiger partial charge in [-0.1, -0.05) is 6.07 Å². The van der Waals surface area contributed by atoms with Crippen LogP contribution in [0.15, 0.2) is 49.4 Å². The van der Waals surface area contributed by atoms with E-state index in [9.17, 15) is 14.4 Å². The molecule has 0 saturated heterocycles. The van der Waals surface area contributed by atoms with Crippen LogP contribution in [0.5, 0.6) is 0 Å². The molecule has 0 spiro atoms. The Balaban J connectivity index is 1.81. The molecule has 1 unspecified atom stereocenters. The van der Waals surface area contributed by atoms with Gasteiger partial charge in [0.2, 0.25) is 5.91 Å². The predicted molar refractivity (Wildman–Crippen MR) is 93.7 cm³/mol. The molecule has 0 aliphatic heterocycles. The Hall–Kier alpha value is -3.82. The molecule has 0 fully saturated rings. The van der Waals surface area contributed by atoms with Gasteiger partial charge in [0.15, 0.2) is 5.78 Å². The van der Waals surface area contributed by atoms with Crippen LogP contribution in [0.1, 0.15) is 22.6 Å². The SMILES string of the molecule is NC(=O)CC(=O)C(Cc1cnc[nH]1)NC(=O)c1cncn1-c1ccccn1. The highest BCUT2D eigenvalue weighted by Gasteiger charge is 2.25. The van der Waals surface area contributed by atoms with Crippen LogP contribution < -0.4 is 11.1 Å². The molecule has 0 aliphatic carbocycles. The van der Waals surface area contributed by atoms with Gasteiger partial charge in [-0.3, -0.25) is 19.0 Å². The largest absolute Gasteiger partial charge is 0.369 e. The van der Waals surface area contributed by atoms with Gasteiger partial charge < -0.3 is 16.0 Å². The van der Waals surface area contributed by atoms with Gasteiger partial charge in [-0.15, -0.1) is 0 Å². The zero-order chi connectivity index (χ0) is 19.2. The van der Waals surface area contributed by atoms with Crippen LogP contribution in [0.3, 0.4) is 0 Å². The molecule has 27 heavy (non-hydrogen) atoms. The molecule has 0 aliphatic rings. The predicted octanol–water partition coefficient (Wildman–Crippen LogP) is -0.224. The second-order valence-electron chi connectivity index (χ2n) is 5.75. The van der Waals surface area contributed by atoms with E-state index in [4.69, 9.17) is 5.73 Å². The van der Waals surface area contributed by atoms with Crippen molar-refractivity contribution in [3.63, 3.8) is 0 Å². The number of imidazole rings is 2. The third-order valence-corrected chi connectivity index (χ3v) is 3.79. The Labute approximate surface area is 153 Å². The zero-order valence-corrected chi connectivity index (χ0v) is 14.2. The Morgan fingerprint density at radius 1 is 1.22 bits per heavy atom. The Morgan fingerprint density at radius 3 is 2.74 bits per heavy atom. The molecule has 2 amide bonds. The van der Waals surface area contributed by atoms with Crippen molar-refractivity contribution in [3.8, 4) is 5.82 Å². The molecule has 10 heteroatoms. The summed E-state index contributed by atoms with van der Waals surface area (Å²) in [7, 11) is 0. The summed E-state index contributed by atoms with van der Waals surface area (Å²) in [6, 6.07) is 4.31. The van der Waals surface area contributed by atoms with Crippen LogP contribution in [0, 0.1) is 0 Å². The number of nitrogens with zero attached hydrogens (tertiary/aromatic N) is 4. The first-order valence-electron chi connectivity index (χ1n) is 8.07. The first-order chi connectivity index (χ1) is 13.0. The fourth-order valence-electron chi connectivity index (χ4n) is 2.53. The maximum absolute atomic E-state index is 12.7. The summed E-state index contributed by atoms with van der Waals surface area (Å²) in [4.78, 5) is 51.1. The molecular weight excluding hydrogens is 350 g/mol. The van der Waals surface area contributed by atoms with Gasteiger partial charge >= 0.3 is 0 Å². The van der Waals surface area contributed by atoms with Crippen LogP contribution in [0.4, 0.5) is 0 Å². The van der Waals surface area contributed by atoms with Gasteiger partial charge in [0.05, 0.1) is 25.0 Å². The van der Waals surface area contributed by atoms with Crippen molar-refractivity contribution in [2.24, 2.45) is 5.73 Å². The standard InChI is InChI=1S/C17H17N7O3/c18-15(26)6-14(25)12(5-11-7-19-9-22-11)23-17(27)13-8-20-10-24(13)16-3-1-2-4-21-16/h1-4,7-10,12H,5-6H2,(H2,18,26)(H,19,22)(H,23,27). The van der Waals surface area contributed by atoms with Gasteiger partial charge in [-0.2, -0.15) is 0 Å². The second-order valence-corrected chi connectivity index (χ2v) is 5.75. The summed E-state index contributed by atoms with van der Waals surface area (Å²) < 4.78 is 1.50. The average molecular weight is 367 g/mol. The number of H-pyrrole nitrogens is 1. The number of Topliss-reactive ketones (excluding diaryl/α,β-unsaturated/α-hetero) is 1. The van der Waals surface area contributed by atoms with Crippen molar-refractivity contribution in [1.29, 1.82) is 0 Å². The highest BCUT2D eigenvalue weighted by atomic mass is 16.2. The fraction of sp³-hybridized carbons (Fsp3) is 0.176. The fourth-order valence-corrected chi connectivity index (χ4v) is 2.53. The van der Waals surface area contributed by atoms with Crippen LogP contribution >= 0.6 is 0 Å². The summed E-state index contributed by atoms with van der Waals surface area (Å²) in [5, 5.41) is 2.64. The highest BCUT2D eigenvalue weighted by molar-refractivity contribution is 6.03. The van der Waals surface area contributed by atoms with Crippen LogP contribution in [0.2, 0.25) is 0 Å². The van der Waals surface area contributed by atoms with Crippen molar-refractivity contribution < 1.29 is 14.4 Å². The lowest BCUT2D eigenvalue weighted by molar-refractivity contribution is -0.127. The lowest BCUT2D eigenvalue weighted by atomic mass is 10.0. The molecular formula is C17H17N7O3. The lowest BCUT2D eigenvalue weighted by Gasteiger charge is -2.17. The van der Waals surface area contributed by atoms with E-state index in [2.05, 4.69) is 25.3 Å². The number of carbonyl (C=O) groups excluding carboxylic acids is 3. The summed E-state index contributed by atoms with van der Waals surface area (Å²) in [6.07, 6.45) is 7.09. The number of nitrogens with one attached hydrogen (secondary N) is 2. The molecule has 1 atom stereocenters. The summed E-state index contributed by atoms with van der Waals surface area (Å²) in [5.41, 5.74) is 5.95. The van der Waals surface area contributed by atoms with Crippen LogP contribution in [-0.2, 0) is 16.0 Å². The van der Waals surface area contributed by atoms with E-state index in [1.165, 1.54) is 29.6 Å². The number of pyridine rings is 1. The quantitative estimate of drug-likeness (QED) is 0.469. The van der Waals surface area contributed by atoms with Gasteiger partial charge in [-0.05, 0) is 12.1 Å². The van der Waals surface area contributed by atoms with Crippen LogP contribution in [0.25, 0.3) is 5.82 Å². The average Bonchev–Trinajstić information content (AvgIpc) is 3.33. The number of aromatic nitrogens is 5. The second kappa shape index (κ2) is 8.04. The van der Waals surface area contributed by atoms with E-state index in [-0.39, 0.29) is 12.1 Å². The number of hydrogen-bond acceptors (Lipinski definition) is 6. The van der Waals surface area contributed by atoms with E-state index < -0.39 is 30.1 Å². The highest BCUT2D eigenvalue weighted by Crippen LogP contribution is 2.10. The molecule has 4 N–H and O–H groups in total. The Kier molecular flexibility index (Phi) is 5.36. The smallest absolute Gasteiger partial charge is 0.270 e. The molecule has 3 heterocycles. The molecule has 10 nitrogen and oxygen atoms in total. The molecule has 0 saturated carbocycles. The Bertz CT molecular complexity index is 935. The molecule has 3 aromatic heterocycles. The topological polar surface area (TPSA) is 149 Å². The van der Waals surface area contributed by atoms with E-state index in [1.54, 1.807) is 24.4 Å². The maximum atomic E-state index is 12.7. The monoisotopic (exact) mass is 367 g/mol. The van der Waals surface area contributed by atoms with Gasteiger partial charge in [-0.25, -0.2) is 15.0 Å². The molecule has 138 valence electrons. The van der Waals surface area contributed by atoms with E-state index in [0.29, 0.717) is 11.5 Å². The van der Waals surface area contributed by atoms with Crippen molar-refractivity contribution in [2.75, 3.05) is 0 Å². The number of ketones is 1. The number of rotatable bonds is 8. The summed E-state index contributed by atoms with van der Waals surface area (Å²) >= 11 is 0. The first kappa shape index (κ1) is 18.0. The molecule has 0 aromatic carbocycles. The lowest BCUT2D eigenvalue weighted by Crippen LogP contribution is -2.44. The number of aromatic amines is 1. The van der Waals surface area contributed by atoms with Crippen LogP contribution in [-0.4, -0.2) is 48.1 Å². The molecule has 0 radical (unpaired) electrons. The van der Waals surface area contributed by atoms with Gasteiger partial charge in [0.25, 0.3) is 5.91 Å². The number of nitrogens with two attached hydrogens (primary N) is 1. The van der Waals surface area contributed by atoms with E-state index >= 15 is 0 Å². The van der Waals surface area contributed by atoms with Crippen molar-refractivity contribution in [3.05, 3.63) is 60.8 Å². The zero-order valence-electron chi connectivity index (χ0n) is 14.2. The summed E-state index contributed by atoms with van der Waals surface area (Å²) in [5.74, 6) is -1.27. The first-order valence-corrected chi connectivity index (χ1v) is 8.07. The van der Waals surface area contributed by atoms with E-state index in [1.807, 2.05) is 0 Å². The molecule has 3 rings (SSSR count). The Morgan fingerprint density at radius 2 is 2.07 bits per heavy atom. The van der Waals surface area contributed by atoms with Gasteiger partial charge in [0.1, 0.15) is 17.8 Å².